The molecule has 4 rings (SSSR count). The van der Waals surface area contributed by atoms with E-state index in [9.17, 15) is 23.9 Å². The molecule has 1 aliphatic heterocycles. The number of benzene rings is 1. The number of rotatable bonds is 19. The molecule has 0 spiro atoms. The van der Waals surface area contributed by atoms with Crippen molar-refractivity contribution in [1.82, 2.24) is 29.5 Å². The van der Waals surface area contributed by atoms with E-state index in [1.165, 1.54) is 28.5 Å². The molecule has 1 fully saturated rings. The number of carbonyl (C=O) groups excluding carboxylic acids is 1. The van der Waals surface area contributed by atoms with Crippen LogP contribution in [0.3, 0.4) is 0 Å². The van der Waals surface area contributed by atoms with E-state index in [1.54, 1.807) is 24.5 Å². The Kier molecular flexibility index (Phi) is 14.4. The molecule has 22 heteroatoms. The van der Waals surface area contributed by atoms with Crippen LogP contribution in [0.1, 0.15) is 32.3 Å². The van der Waals surface area contributed by atoms with Crippen molar-refractivity contribution < 1.29 is 51.1 Å². The number of phosphoric acid groups is 1. The van der Waals surface area contributed by atoms with Crippen molar-refractivity contribution in [2.75, 3.05) is 51.1 Å². The van der Waals surface area contributed by atoms with Gasteiger partial charge in [-0.25, -0.2) is 18.5 Å². The highest BCUT2D eigenvalue weighted by atomic mass is 35.5. The van der Waals surface area contributed by atoms with Gasteiger partial charge in [0.2, 0.25) is 5.28 Å². The lowest BCUT2D eigenvalue weighted by atomic mass is 10.1. The van der Waals surface area contributed by atoms with Crippen LogP contribution in [0, 0.1) is 0 Å². The molecular weight excluding hydrogens is 743 g/mol. The van der Waals surface area contributed by atoms with E-state index in [1.807, 2.05) is 13.8 Å². The number of para-hydroxylation sites is 1. The summed E-state index contributed by atoms with van der Waals surface area (Å²) in [5.41, 5.74) is 6.25. The van der Waals surface area contributed by atoms with Crippen LogP contribution in [0.15, 0.2) is 30.3 Å². The summed E-state index contributed by atoms with van der Waals surface area (Å²) in [6.45, 7) is 5.11. The molecular formula is C28H41ClFN7O10P2S. The summed E-state index contributed by atoms with van der Waals surface area (Å²) >= 11 is 7.46. The molecule has 1 aromatic carbocycles. The van der Waals surface area contributed by atoms with Crippen LogP contribution in [-0.2, 0) is 38.7 Å². The van der Waals surface area contributed by atoms with E-state index in [0.717, 1.165) is 20.2 Å². The van der Waals surface area contributed by atoms with Crippen molar-refractivity contribution in [1.29, 1.82) is 0 Å². The van der Waals surface area contributed by atoms with Gasteiger partial charge in [0.1, 0.15) is 29.8 Å². The predicted octanol–water partition coefficient (Wildman–Crippen LogP) is 3.75. The lowest BCUT2D eigenvalue weighted by molar-refractivity contribution is -0.142. The van der Waals surface area contributed by atoms with Crippen LogP contribution in [0.25, 0.3) is 11.2 Å². The fraction of sp³-hybridized carbons (Fsp3) is 0.571. The normalized spacial score (nSPS) is 22.3. The number of hydrogen-bond donors (Lipinski definition) is 4. The summed E-state index contributed by atoms with van der Waals surface area (Å²) in [5, 5.41) is 13.0. The average Bonchev–Trinajstić information content (AvgIpc) is 3.57. The highest BCUT2D eigenvalue weighted by Crippen LogP contribution is 2.61. The Morgan fingerprint density at radius 1 is 1.24 bits per heavy atom. The lowest BCUT2D eigenvalue weighted by Crippen LogP contribution is -2.37. The molecule has 1 aliphatic rings. The third-order valence-electron chi connectivity index (χ3n) is 7.70. The number of likely N-dealkylation sites (N-methyl/N-ethyl adjacent to an activating group) is 1. The van der Waals surface area contributed by atoms with Gasteiger partial charge in [0.25, 0.3) is 0 Å². The molecule has 7 atom stereocenters. The van der Waals surface area contributed by atoms with Crippen molar-refractivity contribution in [2.45, 2.75) is 57.3 Å². The highest BCUT2D eigenvalue weighted by molar-refractivity contribution is 7.98. The Morgan fingerprint density at radius 3 is 2.58 bits per heavy atom. The second-order valence-corrected chi connectivity index (χ2v) is 15.6. The van der Waals surface area contributed by atoms with Crippen molar-refractivity contribution in [3.8, 4) is 5.75 Å². The second kappa shape index (κ2) is 17.9. The smallest absolute Gasteiger partial charge is 0.468 e. The summed E-state index contributed by atoms with van der Waals surface area (Å²) < 4.78 is 70.5. The zero-order chi connectivity index (χ0) is 36.6. The van der Waals surface area contributed by atoms with Gasteiger partial charge in [-0.05, 0) is 55.3 Å². The van der Waals surface area contributed by atoms with E-state index < -0.39 is 58.8 Å². The van der Waals surface area contributed by atoms with Crippen LogP contribution in [0.2, 0.25) is 5.28 Å². The molecule has 1 saturated heterocycles. The molecule has 278 valence electrons. The fourth-order valence-corrected chi connectivity index (χ4v) is 8.76. The Balaban J connectivity index is 1.56. The van der Waals surface area contributed by atoms with Crippen molar-refractivity contribution in [3.63, 3.8) is 0 Å². The topological polar surface area (TPSA) is 223 Å². The first-order chi connectivity index (χ1) is 23.7. The van der Waals surface area contributed by atoms with Gasteiger partial charge in [-0.3, -0.25) is 13.9 Å². The van der Waals surface area contributed by atoms with Crippen LogP contribution in [0.5, 0.6) is 5.75 Å². The Bertz CT molecular complexity index is 1700. The first kappa shape index (κ1) is 40.4. The molecule has 3 aromatic rings. The number of methoxy groups -OCH3 is 1. The largest absolute Gasteiger partial charge is 0.481 e. The standard InChI is InChI=1S/C28H41ClFN7O10P2S/c1-5-36(6-2)14-12-20-32-22-24(31)33-28(29)34-25(22)37(20)26-21(30)23(38)19(45-26)16-44-49(41,42)47-48(40,46-17-10-8-7-9-11-17)35-18(13-15-50-4)27(39)43-3/h7-11,18-19,21,23,26,38H,5-6,12-16H2,1-4H3,(H,35,40)(H,41,42)(H2,31,33,34)/t18-,19+,21?,23?,26+,48?/m0/s1. The van der Waals surface area contributed by atoms with Gasteiger partial charge in [-0.1, -0.05) is 32.0 Å². The number of thioether (sulfide) groups is 1. The van der Waals surface area contributed by atoms with E-state index >= 15 is 4.39 Å². The number of hydrogen-bond acceptors (Lipinski definition) is 15. The van der Waals surface area contributed by atoms with Crippen LogP contribution < -0.4 is 15.3 Å². The summed E-state index contributed by atoms with van der Waals surface area (Å²) in [7, 11) is -9.08. The number of nitrogens with zero attached hydrogens (tertiary/aromatic N) is 5. The Labute approximate surface area is 297 Å². The minimum Gasteiger partial charge on any atom is -0.468 e. The first-order valence-corrected chi connectivity index (χ1v) is 20.3. The number of esters is 1. The molecule has 0 bridgehead atoms. The van der Waals surface area contributed by atoms with Crippen molar-refractivity contribution in [3.05, 3.63) is 41.4 Å². The van der Waals surface area contributed by atoms with Crippen LogP contribution in [0.4, 0.5) is 10.2 Å². The number of phosphoric ester groups is 1. The summed E-state index contributed by atoms with van der Waals surface area (Å²) in [6.07, 6.45) is -4.85. The van der Waals surface area contributed by atoms with Gasteiger partial charge >= 0.3 is 21.5 Å². The quantitative estimate of drug-likeness (QED) is 0.0772. The summed E-state index contributed by atoms with van der Waals surface area (Å²) in [5.74, 6) is -0.161. The molecule has 50 heavy (non-hydrogen) atoms. The minimum atomic E-state index is -5.34. The third kappa shape index (κ3) is 10.1. The number of nitrogens with one attached hydrogen (secondary N) is 1. The number of ether oxygens (including phenoxy) is 2. The van der Waals surface area contributed by atoms with Gasteiger partial charge in [-0.15, -0.1) is 0 Å². The maximum Gasteiger partial charge on any atom is 0.481 e. The second-order valence-electron chi connectivity index (χ2n) is 11.0. The number of alkyl halides is 1. The molecule has 5 N–H and O–H groups in total. The van der Waals surface area contributed by atoms with Gasteiger partial charge in [-0.2, -0.15) is 31.1 Å². The first-order valence-electron chi connectivity index (χ1n) is 15.5. The average molecular weight is 784 g/mol. The molecule has 3 heterocycles. The molecule has 0 aliphatic carbocycles. The van der Waals surface area contributed by atoms with Crippen molar-refractivity contribution >= 4 is 61.9 Å². The van der Waals surface area contributed by atoms with Crippen LogP contribution in [-0.4, -0.2) is 110 Å². The minimum absolute atomic E-state index is 0.0246. The predicted molar refractivity (Wildman–Crippen MR) is 185 cm³/mol. The Morgan fingerprint density at radius 2 is 1.94 bits per heavy atom. The maximum atomic E-state index is 15.8. The van der Waals surface area contributed by atoms with E-state index in [4.69, 9.17) is 40.2 Å². The number of imidazole rings is 1. The monoisotopic (exact) mass is 783 g/mol. The van der Waals surface area contributed by atoms with Gasteiger partial charge in [0, 0.05) is 13.0 Å². The molecule has 0 radical (unpaired) electrons. The van der Waals surface area contributed by atoms with Gasteiger partial charge < -0.3 is 34.6 Å². The number of nitrogens with two attached hydrogens (primary N) is 1. The van der Waals surface area contributed by atoms with E-state index in [0.29, 0.717) is 24.5 Å². The zero-order valence-corrected chi connectivity index (χ0v) is 31.1. The highest BCUT2D eigenvalue weighted by Gasteiger charge is 2.49. The molecule has 4 unspecified atom stereocenters. The van der Waals surface area contributed by atoms with Crippen LogP contribution >= 0.6 is 38.9 Å². The number of anilines is 1. The zero-order valence-electron chi connectivity index (χ0n) is 27.8. The number of carbonyl (C=O) groups is 1. The van der Waals surface area contributed by atoms with Gasteiger partial charge in [0.15, 0.2) is 29.4 Å². The summed E-state index contributed by atoms with van der Waals surface area (Å²) in [6, 6.07) is 6.30. The lowest BCUT2D eigenvalue weighted by Gasteiger charge is -2.25. The van der Waals surface area contributed by atoms with E-state index in [-0.39, 0.29) is 34.4 Å². The number of halogens is 2. The van der Waals surface area contributed by atoms with Crippen molar-refractivity contribution in [2.24, 2.45) is 0 Å². The number of aromatic nitrogens is 4. The van der Waals surface area contributed by atoms with E-state index in [2.05, 4.69) is 24.9 Å². The number of aliphatic hydroxyl groups excluding tert-OH is 1. The molecule has 17 nitrogen and oxygen atoms in total. The van der Waals surface area contributed by atoms with Gasteiger partial charge in [0.05, 0.1) is 13.7 Å². The molecule has 0 amide bonds. The fourth-order valence-electron chi connectivity index (χ4n) is 5.12. The SMILES string of the molecule is CCN(CC)CCc1nc2c(N)nc(Cl)nc2n1[C@@H]1O[C@H](COP(=O)(O)OP(=O)(N[C@@H](CCSC)C(=O)OC)Oc2ccccc2)C(O)C1F. The summed E-state index contributed by atoms with van der Waals surface area (Å²) in [4.78, 5) is 37.9. The number of aliphatic hydroxyl groups is 1. The third-order valence-corrected chi connectivity index (χ3v) is 11.8. The maximum absolute atomic E-state index is 15.8. The molecule has 2 aromatic heterocycles. The molecule has 0 saturated carbocycles. The Hall–Kier alpha value is -2.41. The number of fused-ring (bicyclic) bond motifs is 1. The number of nitrogen functional groups attached to an aromatic ring is 1.